The predicted molar refractivity (Wildman–Crippen MR) is 61.6 cm³/mol. The van der Waals surface area contributed by atoms with Gasteiger partial charge in [0.15, 0.2) is 0 Å². The van der Waals surface area contributed by atoms with Gasteiger partial charge in [0.25, 0.3) is 0 Å². The molecule has 6 nitrogen and oxygen atoms in total. The number of anilines is 1. The maximum absolute atomic E-state index is 11.8. The second kappa shape index (κ2) is 4.84. The number of aromatic amines is 1. The number of hydrogen-bond acceptors (Lipinski definition) is 4. The molecule has 16 heavy (non-hydrogen) atoms. The fourth-order valence-electron chi connectivity index (χ4n) is 1.90. The number of hydrogen-bond donors (Lipinski definition) is 3. The largest absolute Gasteiger partial charge is 0.316 e. The van der Waals surface area contributed by atoms with Gasteiger partial charge in [-0.05, 0) is 31.8 Å². The molecule has 0 aromatic carbocycles. The Hall–Kier alpha value is -1.08. The number of H-pyrrole nitrogens is 1. The fourth-order valence-corrected chi connectivity index (χ4v) is 3.36. The van der Waals surface area contributed by atoms with Gasteiger partial charge in [-0.3, -0.25) is 9.82 Å². The predicted octanol–water partition coefficient (Wildman–Crippen LogP) is 0.151. The summed E-state index contributed by atoms with van der Waals surface area (Å²) in [5, 5.41) is 9.46. The molecule has 1 saturated heterocycles. The van der Waals surface area contributed by atoms with E-state index in [1.54, 1.807) is 0 Å². The molecule has 0 amide bonds. The molecule has 0 radical (unpaired) electrons. The SMILES string of the molecule is O=S(=O)(CC1CCCNC1)Nc1cn[nH]c1. The molecule has 1 aromatic rings. The Morgan fingerprint density at radius 3 is 3.06 bits per heavy atom. The minimum atomic E-state index is -3.25. The van der Waals surface area contributed by atoms with Crippen molar-refractivity contribution >= 4 is 15.7 Å². The molecule has 1 unspecified atom stereocenters. The van der Waals surface area contributed by atoms with Gasteiger partial charge in [-0.1, -0.05) is 0 Å². The van der Waals surface area contributed by atoms with Crippen molar-refractivity contribution in [1.29, 1.82) is 0 Å². The van der Waals surface area contributed by atoms with Crippen molar-refractivity contribution in [2.45, 2.75) is 12.8 Å². The lowest BCUT2D eigenvalue weighted by atomic mass is 10.0. The average Bonchev–Trinajstić information content (AvgIpc) is 2.70. The summed E-state index contributed by atoms with van der Waals surface area (Å²) in [5.74, 6) is 0.378. The van der Waals surface area contributed by atoms with Crippen molar-refractivity contribution in [2.75, 3.05) is 23.6 Å². The third-order valence-electron chi connectivity index (χ3n) is 2.63. The highest BCUT2D eigenvalue weighted by atomic mass is 32.2. The summed E-state index contributed by atoms with van der Waals surface area (Å²) in [5.41, 5.74) is 0.490. The highest BCUT2D eigenvalue weighted by Crippen LogP contribution is 2.14. The van der Waals surface area contributed by atoms with Gasteiger partial charge in [-0.15, -0.1) is 0 Å². The number of aromatic nitrogens is 2. The zero-order chi connectivity index (χ0) is 11.4. The Morgan fingerprint density at radius 1 is 1.56 bits per heavy atom. The molecule has 1 aliphatic heterocycles. The first-order valence-corrected chi connectivity index (χ1v) is 7.01. The number of piperidine rings is 1. The Bertz CT molecular complexity index is 409. The van der Waals surface area contributed by atoms with Crippen LogP contribution in [-0.4, -0.2) is 37.5 Å². The molecular weight excluding hydrogens is 228 g/mol. The molecule has 1 fully saturated rings. The van der Waals surface area contributed by atoms with Gasteiger partial charge in [0.05, 0.1) is 17.6 Å². The molecule has 90 valence electrons. The molecule has 0 saturated carbocycles. The summed E-state index contributed by atoms with van der Waals surface area (Å²) < 4.78 is 26.1. The molecule has 3 N–H and O–H groups in total. The first-order chi connectivity index (χ1) is 7.66. The van der Waals surface area contributed by atoms with Crippen LogP contribution in [-0.2, 0) is 10.0 Å². The van der Waals surface area contributed by atoms with Crippen LogP contribution in [0.3, 0.4) is 0 Å². The summed E-state index contributed by atoms with van der Waals surface area (Å²) >= 11 is 0. The second-order valence-electron chi connectivity index (χ2n) is 4.08. The third kappa shape index (κ3) is 3.21. The van der Waals surface area contributed by atoms with E-state index in [1.165, 1.54) is 12.4 Å². The molecular formula is C9H16N4O2S. The highest BCUT2D eigenvalue weighted by molar-refractivity contribution is 7.92. The van der Waals surface area contributed by atoms with Gasteiger partial charge in [0, 0.05) is 6.20 Å². The summed E-state index contributed by atoms with van der Waals surface area (Å²) in [6.07, 6.45) is 5.00. The van der Waals surface area contributed by atoms with E-state index in [4.69, 9.17) is 0 Å². The van der Waals surface area contributed by atoms with E-state index in [1.807, 2.05) is 0 Å². The maximum Gasteiger partial charge on any atom is 0.233 e. The number of rotatable bonds is 4. The van der Waals surface area contributed by atoms with Crippen LogP contribution in [0.2, 0.25) is 0 Å². The van der Waals surface area contributed by atoms with Crippen molar-refractivity contribution in [3.05, 3.63) is 12.4 Å². The van der Waals surface area contributed by atoms with E-state index in [0.717, 1.165) is 25.9 Å². The fraction of sp³-hybridized carbons (Fsp3) is 0.667. The van der Waals surface area contributed by atoms with Gasteiger partial charge < -0.3 is 5.32 Å². The van der Waals surface area contributed by atoms with E-state index in [-0.39, 0.29) is 11.7 Å². The normalized spacial score (nSPS) is 21.9. The standard InChI is InChI=1S/C9H16N4O2S/c14-16(15,13-9-5-11-12-6-9)7-8-2-1-3-10-4-8/h5-6,8,10,13H,1-4,7H2,(H,11,12). The molecule has 0 aliphatic carbocycles. The average molecular weight is 244 g/mol. The second-order valence-corrected chi connectivity index (χ2v) is 5.85. The van der Waals surface area contributed by atoms with Gasteiger partial charge in [0.2, 0.25) is 10.0 Å². The van der Waals surface area contributed by atoms with Crippen LogP contribution < -0.4 is 10.0 Å². The molecule has 1 aliphatic rings. The molecule has 2 rings (SSSR count). The van der Waals surface area contributed by atoms with Crippen molar-refractivity contribution in [1.82, 2.24) is 15.5 Å². The lowest BCUT2D eigenvalue weighted by Crippen LogP contribution is -2.35. The smallest absolute Gasteiger partial charge is 0.233 e. The summed E-state index contributed by atoms with van der Waals surface area (Å²) in [6, 6.07) is 0. The van der Waals surface area contributed by atoms with Gasteiger partial charge >= 0.3 is 0 Å². The third-order valence-corrected chi connectivity index (χ3v) is 4.08. The van der Waals surface area contributed by atoms with Crippen LogP contribution in [0.25, 0.3) is 0 Å². The Kier molecular flexibility index (Phi) is 3.45. The van der Waals surface area contributed by atoms with Gasteiger partial charge in [-0.25, -0.2) is 8.42 Å². The maximum atomic E-state index is 11.8. The van der Waals surface area contributed by atoms with E-state index >= 15 is 0 Å². The number of nitrogens with zero attached hydrogens (tertiary/aromatic N) is 1. The van der Waals surface area contributed by atoms with E-state index in [2.05, 4.69) is 20.2 Å². The van der Waals surface area contributed by atoms with Crippen LogP contribution in [0.1, 0.15) is 12.8 Å². The minimum absolute atomic E-state index is 0.172. The van der Waals surface area contributed by atoms with Crippen molar-refractivity contribution in [3.8, 4) is 0 Å². The Balaban J connectivity index is 1.92. The zero-order valence-corrected chi connectivity index (χ0v) is 9.76. The Morgan fingerprint density at radius 2 is 2.44 bits per heavy atom. The summed E-state index contributed by atoms with van der Waals surface area (Å²) in [6.45, 7) is 1.78. The molecule has 1 aromatic heterocycles. The lowest BCUT2D eigenvalue weighted by Gasteiger charge is -2.22. The molecule has 0 bridgehead atoms. The van der Waals surface area contributed by atoms with Gasteiger partial charge in [-0.2, -0.15) is 5.10 Å². The van der Waals surface area contributed by atoms with Crippen LogP contribution >= 0.6 is 0 Å². The van der Waals surface area contributed by atoms with Crippen LogP contribution in [0.4, 0.5) is 5.69 Å². The number of sulfonamides is 1. The monoisotopic (exact) mass is 244 g/mol. The first-order valence-electron chi connectivity index (χ1n) is 5.36. The number of nitrogens with one attached hydrogen (secondary N) is 3. The van der Waals surface area contributed by atoms with Gasteiger partial charge in [0.1, 0.15) is 0 Å². The van der Waals surface area contributed by atoms with E-state index < -0.39 is 10.0 Å². The minimum Gasteiger partial charge on any atom is -0.316 e. The zero-order valence-electron chi connectivity index (χ0n) is 8.94. The van der Waals surface area contributed by atoms with Crippen molar-refractivity contribution in [2.24, 2.45) is 5.92 Å². The highest BCUT2D eigenvalue weighted by Gasteiger charge is 2.21. The quantitative estimate of drug-likeness (QED) is 0.703. The van der Waals surface area contributed by atoms with Crippen molar-refractivity contribution < 1.29 is 8.42 Å². The molecule has 2 heterocycles. The van der Waals surface area contributed by atoms with Crippen LogP contribution in [0.5, 0.6) is 0 Å². The Labute approximate surface area is 94.9 Å². The first kappa shape index (κ1) is 11.4. The van der Waals surface area contributed by atoms with Crippen LogP contribution in [0, 0.1) is 5.92 Å². The molecule has 0 spiro atoms. The topological polar surface area (TPSA) is 86.9 Å². The van der Waals surface area contributed by atoms with Crippen LogP contribution in [0.15, 0.2) is 12.4 Å². The molecule has 1 atom stereocenters. The summed E-state index contributed by atoms with van der Waals surface area (Å²) in [4.78, 5) is 0. The van der Waals surface area contributed by atoms with Crippen molar-refractivity contribution in [3.63, 3.8) is 0 Å². The van der Waals surface area contributed by atoms with E-state index in [9.17, 15) is 8.42 Å². The summed E-state index contributed by atoms with van der Waals surface area (Å²) in [7, 11) is -3.25. The molecule has 7 heteroatoms. The lowest BCUT2D eigenvalue weighted by molar-refractivity contribution is 0.404. The van der Waals surface area contributed by atoms with E-state index in [0.29, 0.717) is 5.69 Å².